The van der Waals surface area contributed by atoms with Gasteiger partial charge in [-0.15, -0.1) is 0 Å². The molecule has 0 spiro atoms. The largest absolute Gasteiger partial charge is 0.444 e. The van der Waals surface area contributed by atoms with E-state index in [4.69, 9.17) is 4.74 Å². The molecule has 1 aromatic carbocycles. The number of likely N-dealkylation sites (tertiary alicyclic amines) is 1. The van der Waals surface area contributed by atoms with Crippen LogP contribution in [0.2, 0.25) is 0 Å². The maximum Gasteiger partial charge on any atom is 0.410 e. The number of amides is 1. The van der Waals surface area contributed by atoms with Crippen molar-refractivity contribution in [2.45, 2.75) is 38.6 Å². The van der Waals surface area contributed by atoms with E-state index in [2.05, 4.69) is 15.3 Å². The molecule has 2 aromatic rings. The number of carbonyl (C=O) groups excluding carboxylic acids is 1. The minimum atomic E-state index is -1.31. The molecule has 1 aliphatic rings. The van der Waals surface area contributed by atoms with Crippen molar-refractivity contribution in [3.8, 4) is 0 Å². The summed E-state index contributed by atoms with van der Waals surface area (Å²) in [5.74, 6) is -0.505. The number of nitrogens with one attached hydrogen (secondary N) is 2. The number of benzene rings is 1. The van der Waals surface area contributed by atoms with Crippen molar-refractivity contribution in [1.29, 1.82) is 0 Å². The van der Waals surface area contributed by atoms with Gasteiger partial charge in [0, 0.05) is 12.6 Å². The van der Waals surface area contributed by atoms with E-state index in [1.54, 1.807) is 20.8 Å². The van der Waals surface area contributed by atoms with Gasteiger partial charge < -0.3 is 19.9 Å². The van der Waals surface area contributed by atoms with Gasteiger partial charge in [0.15, 0.2) is 0 Å². The van der Waals surface area contributed by atoms with E-state index in [0.29, 0.717) is 11.0 Å². The predicted molar refractivity (Wildman–Crippen MR) is 86.2 cm³/mol. The molecule has 3 rings (SSSR count). The highest BCUT2D eigenvalue weighted by molar-refractivity contribution is 5.79. The third kappa shape index (κ3) is 3.42. The van der Waals surface area contributed by atoms with Crippen LogP contribution in [-0.4, -0.2) is 51.9 Å². The van der Waals surface area contributed by atoms with Crippen molar-refractivity contribution in [2.75, 3.05) is 18.4 Å². The molecule has 0 bridgehead atoms. The molecule has 1 fully saturated rings. The second kappa shape index (κ2) is 5.92. The first-order valence-corrected chi connectivity index (χ1v) is 7.74. The fourth-order valence-electron chi connectivity index (χ4n) is 2.64. The molecular weight excluding hydrogens is 318 g/mol. The van der Waals surface area contributed by atoms with E-state index in [1.165, 1.54) is 23.4 Å². The number of carbonyl (C=O) groups is 1. The van der Waals surface area contributed by atoms with Crippen LogP contribution in [0.15, 0.2) is 18.5 Å². The van der Waals surface area contributed by atoms with Crippen molar-refractivity contribution in [1.82, 2.24) is 14.9 Å². The highest BCUT2D eigenvalue weighted by Gasteiger charge is 2.37. The minimum absolute atomic E-state index is 0.0845. The van der Waals surface area contributed by atoms with E-state index in [-0.39, 0.29) is 18.8 Å². The van der Waals surface area contributed by atoms with Crippen molar-refractivity contribution in [3.05, 3.63) is 24.3 Å². The number of imidazole rings is 1. The molecule has 24 heavy (non-hydrogen) atoms. The zero-order valence-electron chi connectivity index (χ0n) is 13.8. The summed E-state index contributed by atoms with van der Waals surface area (Å²) in [4.78, 5) is 20.2. The molecule has 0 aliphatic carbocycles. The number of alkyl halides is 1. The van der Waals surface area contributed by atoms with Crippen LogP contribution in [0, 0.1) is 5.82 Å². The Hall–Kier alpha value is -2.38. The lowest BCUT2D eigenvalue weighted by molar-refractivity contribution is 0.0283. The SMILES string of the molecule is CC(C)(C)OC(=O)N1CC(F)C(Nc2cc3nc[nH]c3cc2F)C1. The Kier molecular flexibility index (Phi) is 4.06. The number of H-pyrrole nitrogens is 1. The number of rotatable bonds is 2. The van der Waals surface area contributed by atoms with Crippen LogP contribution in [0.25, 0.3) is 11.0 Å². The molecule has 2 N–H and O–H groups in total. The first kappa shape index (κ1) is 16.5. The van der Waals surface area contributed by atoms with Gasteiger partial charge in [-0.3, -0.25) is 0 Å². The third-order valence-electron chi connectivity index (χ3n) is 3.75. The van der Waals surface area contributed by atoms with E-state index >= 15 is 0 Å². The van der Waals surface area contributed by atoms with Crippen LogP contribution in [0.5, 0.6) is 0 Å². The number of fused-ring (bicyclic) bond motifs is 1. The molecule has 8 heteroatoms. The van der Waals surface area contributed by atoms with Gasteiger partial charge in [0.1, 0.15) is 17.6 Å². The molecule has 0 saturated carbocycles. The first-order chi connectivity index (χ1) is 11.2. The molecule has 6 nitrogen and oxygen atoms in total. The smallest absolute Gasteiger partial charge is 0.410 e. The van der Waals surface area contributed by atoms with Crippen LogP contribution in [0.3, 0.4) is 0 Å². The summed E-state index contributed by atoms with van der Waals surface area (Å²) < 4.78 is 33.6. The Morgan fingerprint density at radius 2 is 2.17 bits per heavy atom. The van der Waals surface area contributed by atoms with Gasteiger partial charge in [-0.1, -0.05) is 0 Å². The number of hydrogen-bond acceptors (Lipinski definition) is 4. The lowest BCUT2D eigenvalue weighted by Gasteiger charge is -2.24. The topological polar surface area (TPSA) is 70.2 Å². The van der Waals surface area contributed by atoms with Gasteiger partial charge in [0.25, 0.3) is 0 Å². The number of aromatic amines is 1. The second-order valence-corrected chi connectivity index (χ2v) is 6.90. The maximum atomic E-state index is 14.2. The average molecular weight is 338 g/mol. The number of halogens is 2. The van der Waals surface area contributed by atoms with Crippen LogP contribution in [0.1, 0.15) is 20.8 Å². The highest BCUT2D eigenvalue weighted by Crippen LogP contribution is 2.25. The van der Waals surface area contributed by atoms with E-state index in [1.807, 2.05) is 0 Å². The first-order valence-electron chi connectivity index (χ1n) is 7.74. The lowest BCUT2D eigenvalue weighted by Crippen LogP contribution is -2.36. The van der Waals surface area contributed by atoms with E-state index in [9.17, 15) is 13.6 Å². The van der Waals surface area contributed by atoms with E-state index < -0.39 is 29.7 Å². The van der Waals surface area contributed by atoms with Gasteiger partial charge in [0.05, 0.1) is 35.6 Å². The average Bonchev–Trinajstić information content (AvgIpc) is 3.04. The Balaban J connectivity index is 1.71. The Labute approximate surface area is 138 Å². The molecule has 1 aromatic heterocycles. The molecule has 1 saturated heterocycles. The van der Waals surface area contributed by atoms with Crippen LogP contribution in [0.4, 0.5) is 19.3 Å². The van der Waals surface area contributed by atoms with Gasteiger partial charge in [-0.2, -0.15) is 0 Å². The van der Waals surface area contributed by atoms with Crippen molar-refractivity contribution in [2.24, 2.45) is 0 Å². The monoisotopic (exact) mass is 338 g/mol. The van der Waals surface area contributed by atoms with Crippen molar-refractivity contribution in [3.63, 3.8) is 0 Å². The molecule has 2 unspecified atom stereocenters. The van der Waals surface area contributed by atoms with Crippen molar-refractivity contribution < 1.29 is 18.3 Å². The minimum Gasteiger partial charge on any atom is -0.444 e. The third-order valence-corrected chi connectivity index (χ3v) is 3.75. The Morgan fingerprint density at radius 1 is 1.42 bits per heavy atom. The number of anilines is 1. The lowest BCUT2D eigenvalue weighted by atomic mass is 10.2. The molecule has 1 amide bonds. The fraction of sp³-hybridized carbons (Fsp3) is 0.500. The number of nitrogens with zero attached hydrogens (tertiary/aromatic N) is 2. The molecule has 2 atom stereocenters. The summed E-state index contributed by atoms with van der Waals surface area (Å²) in [7, 11) is 0. The molecule has 1 aliphatic heterocycles. The van der Waals surface area contributed by atoms with Crippen LogP contribution >= 0.6 is 0 Å². The van der Waals surface area contributed by atoms with Gasteiger partial charge in [0.2, 0.25) is 0 Å². The number of hydrogen-bond donors (Lipinski definition) is 2. The summed E-state index contributed by atoms with van der Waals surface area (Å²) in [5.41, 5.74) is 0.659. The van der Waals surface area contributed by atoms with Gasteiger partial charge in [-0.05, 0) is 26.8 Å². The quantitative estimate of drug-likeness (QED) is 0.883. The molecule has 130 valence electrons. The zero-order chi connectivity index (χ0) is 17.5. The van der Waals surface area contributed by atoms with Crippen molar-refractivity contribution >= 4 is 22.8 Å². The fourth-order valence-corrected chi connectivity index (χ4v) is 2.64. The summed E-state index contributed by atoms with van der Waals surface area (Å²) in [6, 6.07) is 2.12. The standard InChI is InChI=1S/C16H20F2N4O2/c1-16(2,3)24-15(23)22-6-10(18)14(7-22)21-11-5-13-12(4-9(11)17)19-8-20-13/h4-5,8,10,14,21H,6-7H2,1-3H3,(H,19,20). The van der Waals surface area contributed by atoms with Gasteiger partial charge in [-0.25, -0.2) is 18.6 Å². The Morgan fingerprint density at radius 3 is 2.88 bits per heavy atom. The van der Waals surface area contributed by atoms with Crippen LogP contribution in [-0.2, 0) is 4.74 Å². The Bertz CT molecular complexity index is 756. The summed E-state index contributed by atoms with van der Waals surface area (Å²) in [6.45, 7) is 5.27. The maximum absolute atomic E-state index is 14.2. The second-order valence-electron chi connectivity index (χ2n) is 6.90. The molecular formula is C16H20F2N4O2. The number of aromatic nitrogens is 2. The number of ether oxygens (including phenoxy) is 1. The van der Waals surface area contributed by atoms with E-state index in [0.717, 1.165) is 0 Å². The van der Waals surface area contributed by atoms with Gasteiger partial charge >= 0.3 is 6.09 Å². The predicted octanol–water partition coefficient (Wildman–Crippen LogP) is 3.07. The highest BCUT2D eigenvalue weighted by atomic mass is 19.1. The molecule has 2 heterocycles. The molecule has 0 radical (unpaired) electrons. The zero-order valence-corrected chi connectivity index (χ0v) is 13.8. The summed E-state index contributed by atoms with van der Waals surface area (Å²) >= 11 is 0. The summed E-state index contributed by atoms with van der Waals surface area (Å²) in [6.07, 6.45) is -0.421. The van der Waals surface area contributed by atoms with Crippen LogP contribution < -0.4 is 5.32 Å². The summed E-state index contributed by atoms with van der Waals surface area (Å²) in [5, 5.41) is 2.84. The normalized spacial score (nSPS) is 21.3.